The minimum Gasteiger partial charge on any atom is -0.492 e. The summed E-state index contributed by atoms with van der Waals surface area (Å²) >= 11 is 0. The molecule has 2 aromatic heterocycles. The Kier molecular flexibility index (Phi) is 7.17. The number of hydrogen-bond acceptors (Lipinski definition) is 6. The van der Waals surface area contributed by atoms with Gasteiger partial charge in [0.1, 0.15) is 18.1 Å². The number of pyridine rings is 1. The Balaban J connectivity index is 1.55. The first kappa shape index (κ1) is 28.1. The van der Waals surface area contributed by atoms with E-state index in [4.69, 9.17) is 4.74 Å². The Morgan fingerprint density at radius 3 is 2.37 bits per heavy atom. The lowest BCUT2D eigenvalue weighted by atomic mass is 9.79. The van der Waals surface area contributed by atoms with Crippen LogP contribution in [0.2, 0.25) is 0 Å². The van der Waals surface area contributed by atoms with E-state index in [1.54, 1.807) is 6.92 Å². The lowest BCUT2D eigenvalue weighted by molar-refractivity contribution is -0.141. The molecule has 1 saturated heterocycles. The summed E-state index contributed by atoms with van der Waals surface area (Å²) in [6.07, 6.45) is -6.83. The summed E-state index contributed by atoms with van der Waals surface area (Å²) in [5, 5.41) is 28.7. The molecule has 3 aromatic rings. The van der Waals surface area contributed by atoms with E-state index in [1.165, 1.54) is 32.2 Å². The molecular formula is C25H28F6N4O3. The fourth-order valence-electron chi connectivity index (χ4n) is 4.89. The van der Waals surface area contributed by atoms with Gasteiger partial charge in [0, 0.05) is 29.2 Å². The fourth-order valence-corrected chi connectivity index (χ4v) is 4.89. The Labute approximate surface area is 214 Å². The molecule has 208 valence electrons. The molecule has 1 aromatic carbocycles. The second-order valence-corrected chi connectivity index (χ2v) is 10.5. The minimum absolute atomic E-state index is 0.0439. The summed E-state index contributed by atoms with van der Waals surface area (Å²) in [6, 6.07) is 3.48. The molecule has 0 unspecified atom stereocenters. The first-order valence-corrected chi connectivity index (χ1v) is 11.9. The molecule has 3 heterocycles. The van der Waals surface area contributed by atoms with Crippen LogP contribution in [0.4, 0.5) is 26.3 Å². The summed E-state index contributed by atoms with van der Waals surface area (Å²) < 4.78 is 87.3. The molecule has 0 radical (unpaired) electrons. The van der Waals surface area contributed by atoms with E-state index >= 15 is 0 Å². The van der Waals surface area contributed by atoms with Crippen molar-refractivity contribution in [3.05, 3.63) is 53.5 Å². The molecule has 3 N–H and O–H groups in total. The molecular weight excluding hydrogens is 518 g/mol. The smallest absolute Gasteiger partial charge is 0.433 e. The molecule has 0 bridgehead atoms. The van der Waals surface area contributed by atoms with E-state index in [0.717, 1.165) is 23.0 Å². The number of hydrogen-bond donors (Lipinski definition) is 3. The largest absolute Gasteiger partial charge is 0.492 e. The molecule has 0 spiro atoms. The molecule has 3 atom stereocenters. The van der Waals surface area contributed by atoms with Crippen LogP contribution in [0.15, 0.2) is 36.7 Å². The van der Waals surface area contributed by atoms with Crippen molar-refractivity contribution in [2.45, 2.75) is 75.8 Å². The second-order valence-electron chi connectivity index (χ2n) is 10.5. The Hall–Kier alpha value is -2.90. The monoisotopic (exact) mass is 546 g/mol. The molecule has 0 aliphatic carbocycles. The normalized spacial score (nSPS) is 23.1. The Morgan fingerprint density at radius 2 is 1.79 bits per heavy atom. The zero-order valence-corrected chi connectivity index (χ0v) is 20.9. The summed E-state index contributed by atoms with van der Waals surface area (Å²) in [5.74, 6) is -0.0626. The molecule has 7 nitrogen and oxygen atoms in total. The molecule has 13 heteroatoms. The Bertz CT molecular complexity index is 1280. The van der Waals surface area contributed by atoms with Gasteiger partial charge in [-0.25, -0.2) is 0 Å². The van der Waals surface area contributed by atoms with Crippen molar-refractivity contribution in [1.82, 2.24) is 20.1 Å². The van der Waals surface area contributed by atoms with Crippen molar-refractivity contribution in [1.29, 1.82) is 0 Å². The van der Waals surface area contributed by atoms with E-state index in [-0.39, 0.29) is 54.3 Å². The number of alkyl halides is 6. The first-order chi connectivity index (χ1) is 17.4. The lowest BCUT2D eigenvalue weighted by Crippen LogP contribution is -2.53. The number of aliphatic hydroxyl groups is 2. The van der Waals surface area contributed by atoms with Crippen molar-refractivity contribution in [3.8, 4) is 5.75 Å². The van der Waals surface area contributed by atoms with Crippen LogP contribution in [0.1, 0.15) is 50.4 Å². The molecule has 4 rings (SSSR count). The van der Waals surface area contributed by atoms with Crippen LogP contribution in [-0.2, 0) is 24.5 Å². The molecule has 0 saturated carbocycles. The summed E-state index contributed by atoms with van der Waals surface area (Å²) in [5.41, 5.74) is -4.81. The maximum atomic E-state index is 13.9. The maximum absolute atomic E-state index is 13.9. The number of rotatable bonds is 6. The van der Waals surface area contributed by atoms with Crippen LogP contribution in [0, 0.1) is 0 Å². The summed E-state index contributed by atoms with van der Waals surface area (Å²) in [4.78, 5) is 3.43. The average molecular weight is 547 g/mol. The van der Waals surface area contributed by atoms with Gasteiger partial charge in [-0.15, -0.1) is 0 Å². The van der Waals surface area contributed by atoms with Crippen molar-refractivity contribution in [2.75, 3.05) is 6.61 Å². The number of ether oxygens (including phenoxy) is 1. The van der Waals surface area contributed by atoms with Crippen molar-refractivity contribution in [3.63, 3.8) is 0 Å². The number of piperidine rings is 1. The van der Waals surface area contributed by atoms with Crippen LogP contribution in [0.25, 0.3) is 10.9 Å². The topological polar surface area (TPSA) is 92.4 Å². The lowest BCUT2D eigenvalue weighted by Gasteiger charge is -2.41. The Morgan fingerprint density at radius 1 is 1.08 bits per heavy atom. The number of nitrogens with zero attached hydrogens (tertiary/aromatic N) is 3. The van der Waals surface area contributed by atoms with E-state index in [9.17, 15) is 36.6 Å². The number of aromatic nitrogens is 3. The van der Waals surface area contributed by atoms with Gasteiger partial charge in [-0.05, 0) is 51.8 Å². The number of nitrogens with one attached hydrogen (secondary N) is 1. The minimum atomic E-state index is -4.72. The summed E-state index contributed by atoms with van der Waals surface area (Å²) in [7, 11) is 0. The zero-order valence-electron chi connectivity index (χ0n) is 20.9. The molecule has 1 aliphatic heterocycles. The molecule has 0 amide bonds. The zero-order chi connectivity index (χ0) is 28.1. The average Bonchev–Trinajstić information content (AvgIpc) is 3.16. The van der Waals surface area contributed by atoms with E-state index in [0.29, 0.717) is 0 Å². The number of fused-ring (bicyclic) bond motifs is 1. The third-order valence-electron chi connectivity index (χ3n) is 6.34. The van der Waals surface area contributed by atoms with Crippen LogP contribution < -0.4 is 10.1 Å². The highest BCUT2D eigenvalue weighted by atomic mass is 19.4. The highest BCUT2D eigenvalue weighted by Gasteiger charge is 2.41. The third-order valence-corrected chi connectivity index (χ3v) is 6.34. The first-order valence-electron chi connectivity index (χ1n) is 11.9. The van der Waals surface area contributed by atoms with Crippen molar-refractivity contribution >= 4 is 10.9 Å². The number of halogens is 6. The van der Waals surface area contributed by atoms with E-state index in [2.05, 4.69) is 15.4 Å². The third kappa shape index (κ3) is 6.21. The van der Waals surface area contributed by atoms with Crippen LogP contribution >= 0.6 is 0 Å². The summed E-state index contributed by atoms with van der Waals surface area (Å²) in [6.45, 7) is 4.44. The van der Waals surface area contributed by atoms with Crippen molar-refractivity contribution < 1.29 is 41.3 Å². The maximum Gasteiger partial charge on any atom is 0.433 e. The van der Waals surface area contributed by atoms with Gasteiger partial charge < -0.3 is 20.3 Å². The highest BCUT2D eigenvalue weighted by Crippen LogP contribution is 2.39. The fraction of sp³-hybridized carbons (Fsp3) is 0.520. The van der Waals surface area contributed by atoms with Crippen LogP contribution in [0.3, 0.4) is 0 Å². The predicted octanol–water partition coefficient (Wildman–Crippen LogP) is 4.65. The number of benzene rings is 1. The molecule has 1 aliphatic rings. The van der Waals surface area contributed by atoms with E-state index < -0.39 is 40.9 Å². The van der Waals surface area contributed by atoms with Gasteiger partial charge >= 0.3 is 12.4 Å². The van der Waals surface area contributed by atoms with Gasteiger partial charge in [0.05, 0.1) is 35.0 Å². The molecule has 38 heavy (non-hydrogen) atoms. The molecule has 1 fully saturated rings. The van der Waals surface area contributed by atoms with Gasteiger partial charge in [0.2, 0.25) is 0 Å². The van der Waals surface area contributed by atoms with Crippen LogP contribution in [0.5, 0.6) is 5.75 Å². The highest BCUT2D eigenvalue weighted by molar-refractivity contribution is 5.84. The predicted molar refractivity (Wildman–Crippen MR) is 125 cm³/mol. The van der Waals surface area contributed by atoms with Gasteiger partial charge in [-0.3, -0.25) is 9.67 Å². The van der Waals surface area contributed by atoms with Gasteiger partial charge in [0.25, 0.3) is 0 Å². The SMILES string of the molecule is C[C@H]1C[C@@](O)(c2ccc(C(F)(F)F)nc2)C[C@@H](COc2cc(C(F)(F)F)c3c(cnn3CC(C)(C)O)c2)N1. The van der Waals surface area contributed by atoms with Crippen molar-refractivity contribution in [2.24, 2.45) is 0 Å². The van der Waals surface area contributed by atoms with Gasteiger partial charge in [-0.1, -0.05) is 6.07 Å². The van der Waals surface area contributed by atoms with Gasteiger partial charge in [0.15, 0.2) is 0 Å². The quantitative estimate of drug-likeness (QED) is 0.390. The van der Waals surface area contributed by atoms with Crippen LogP contribution in [-0.4, -0.2) is 49.3 Å². The standard InChI is InChI=1S/C25H28F6N4O3/c1-14-8-23(37,16-4-5-20(32-11-16)25(29,30)31)9-17(34-14)12-38-18-6-15-10-33-35(13-22(2,3)36)21(15)19(7-18)24(26,27)28/h4-7,10-11,14,17,34,36-37H,8-9,12-13H2,1-3H3/t14-,17-,23-/m0/s1. The second kappa shape index (κ2) is 9.69. The van der Waals surface area contributed by atoms with E-state index in [1.807, 2.05) is 0 Å². The van der Waals surface area contributed by atoms with Gasteiger partial charge in [-0.2, -0.15) is 31.4 Å².